The smallest absolute Gasteiger partial charge is 0.239 e. The van der Waals surface area contributed by atoms with Crippen molar-refractivity contribution in [1.82, 2.24) is 9.97 Å². The topological polar surface area (TPSA) is 69.9 Å². The molecule has 0 amide bonds. The first-order valence-electron chi connectivity index (χ1n) is 6.17. The Morgan fingerprint density at radius 2 is 2.05 bits per heavy atom. The number of rotatable bonds is 4. The number of hydrogen-bond donors (Lipinski definition) is 0. The largest absolute Gasteiger partial charge is 0.294 e. The third-order valence-electron chi connectivity index (χ3n) is 2.89. The molecular weight excluding hydrogens is 252 g/mol. The monoisotopic (exact) mass is 266 g/mol. The molecule has 0 aliphatic carbocycles. The summed E-state index contributed by atoms with van der Waals surface area (Å²) in [4.78, 5) is 21.1. The van der Waals surface area contributed by atoms with Crippen molar-refractivity contribution in [3.63, 3.8) is 0 Å². The Morgan fingerprint density at radius 3 is 2.60 bits per heavy atom. The second kappa shape index (κ2) is 5.93. The van der Waals surface area contributed by atoms with Gasteiger partial charge in [-0.25, -0.2) is 14.9 Å². The minimum atomic E-state index is -0.0828. The molecule has 20 heavy (non-hydrogen) atoms. The van der Waals surface area contributed by atoms with Crippen molar-refractivity contribution in [2.24, 2.45) is 0 Å². The molecule has 100 valence electrons. The van der Waals surface area contributed by atoms with E-state index in [1.807, 2.05) is 30.3 Å². The molecule has 2 rings (SSSR count). The second-order valence-electron chi connectivity index (χ2n) is 4.40. The maximum absolute atomic E-state index is 11.3. The van der Waals surface area contributed by atoms with Gasteiger partial charge in [-0.05, 0) is 19.4 Å². The van der Waals surface area contributed by atoms with Crippen LogP contribution in [-0.4, -0.2) is 15.8 Å². The number of hydrogen-bond acceptors (Lipinski definition) is 5. The molecular formula is C15H14N4O. The van der Waals surface area contributed by atoms with E-state index < -0.39 is 0 Å². The fourth-order valence-corrected chi connectivity index (χ4v) is 1.85. The first-order chi connectivity index (χ1) is 9.61. The number of ketones is 1. The van der Waals surface area contributed by atoms with Crippen LogP contribution in [0.1, 0.15) is 28.5 Å². The number of nitriles is 1. The molecule has 1 aromatic heterocycles. The van der Waals surface area contributed by atoms with E-state index in [9.17, 15) is 10.1 Å². The molecule has 5 heteroatoms. The number of Topliss-reactive ketones (excluding diaryl/α,β-unsaturated/α-hetero) is 1. The van der Waals surface area contributed by atoms with Gasteiger partial charge in [0.25, 0.3) is 0 Å². The number of nitrogens with zero attached hydrogens (tertiary/aromatic N) is 4. The summed E-state index contributed by atoms with van der Waals surface area (Å²) in [6.45, 7) is 3.60. The third-order valence-corrected chi connectivity index (χ3v) is 2.89. The molecule has 0 N–H and O–H groups in total. The van der Waals surface area contributed by atoms with Gasteiger partial charge in [0.05, 0.1) is 17.8 Å². The van der Waals surface area contributed by atoms with Gasteiger partial charge >= 0.3 is 0 Å². The normalized spacial score (nSPS) is 9.85. The summed E-state index contributed by atoms with van der Waals surface area (Å²) in [6.07, 6.45) is 3.53. The third kappa shape index (κ3) is 2.98. The van der Waals surface area contributed by atoms with Crippen molar-refractivity contribution < 1.29 is 4.79 Å². The quantitative estimate of drug-likeness (QED) is 0.483. The Hall–Kier alpha value is -2.74. The highest BCUT2D eigenvalue weighted by Crippen LogP contribution is 2.14. The first kappa shape index (κ1) is 13.7. The SMILES string of the molecule is CC(=O)c1cnc(N(C#N)Cc2ccccc2)nc1C. The van der Waals surface area contributed by atoms with Gasteiger partial charge in [-0.1, -0.05) is 30.3 Å². The molecule has 1 heterocycles. The number of carbonyl (C=O) groups excluding carboxylic acids is 1. The summed E-state index contributed by atoms with van der Waals surface area (Å²) in [7, 11) is 0. The predicted molar refractivity (Wildman–Crippen MR) is 75.0 cm³/mol. The molecule has 0 fully saturated rings. The molecule has 5 nitrogen and oxygen atoms in total. The highest BCUT2D eigenvalue weighted by atomic mass is 16.1. The van der Waals surface area contributed by atoms with E-state index in [1.54, 1.807) is 6.92 Å². The zero-order chi connectivity index (χ0) is 14.5. The fraction of sp³-hybridized carbons (Fsp3) is 0.200. The van der Waals surface area contributed by atoms with E-state index in [-0.39, 0.29) is 5.78 Å². The molecule has 1 aromatic carbocycles. The highest BCUT2D eigenvalue weighted by molar-refractivity contribution is 5.94. The van der Waals surface area contributed by atoms with Crippen molar-refractivity contribution in [2.45, 2.75) is 20.4 Å². The Bertz CT molecular complexity index is 661. The van der Waals surface area contributed by atoms with Crippen LogP contribution in [0.2, 0.25) is 0 Å². The Labute approximate surface area is 117 Å². The molecule has 0 aliphatic heterocycles. The Balaban J connectivity index is 2.27. The molecule has 0 aliphatic rings. The molecule has 0 spiro atoms. The zero-order valence-corrected chi connectivity index (χ0v) is 11.4. The average molecular weight is 266 g/mol. The predicted octanol–water partition coefficient (Wildman–Crippen LogP) is 2.48. The number of aryl methyl sites for hydroxylation is 1. The molecule has 0 atom stereocenters. The van der Waals surface area contributed by atoms with E-state index in [0.717, 1.165) is 5.56 Å². The van der Waals surface area contributed by atoms with Gasteiger partial charge in [0.15, 0.2) is 12.0 Å². The van der Waals surface area contributed by atoms with Crippen LogP contribution < -0.4 is 4.90 Å². The minimum absolute atomic E-state index is 0.0828. The lowest BCUT2D eigenvalue weighted by Crippen LogP contribution is -2.19. The molecule has 0 bridgehead atoms. The Kier molecular flexibility index (Phi) is 4.06. The van der Waals surface area contributed by atoms with E-state index in [0.29, 0.717) is 23.8 Å². The van der Waals surface area contributed by atoms with Crippen molar-refractivity contribution in [3.8, 4) is 6.19 Å². The lowest BCUT2D eigenvalue weighted by Gasteiger charge is -2.14. The number of aromatic nitrogens is 2. The summed E-state index contributed by atoms with van der Waals surface area (Å²) in [5.41, 5.74) is 2.05. The average Bonchev–Trinajstić information content (AvgIpc) is 2.45. The van der Waals surface area contributed by atoms with Gasteiger partial charge in [-0.3, -0.25) is 4.79 Å². The van der Waals surface area contributed by atoms with Crippen LogP contribution in [-0.2, 0) is 6.54 Å². The maximum Gasteiger partial charge on any atom is 0.239 e. The zero-order valence-electron chi connectivity index (χ0n) is 11.4. The summed E-state index contributed by atoms with van der Waals surface area (Å²) in [5, 5.41) is 9.24. The maximum atomic E-state index is 11.3. The van der Waals surface area contributed by atoms with Gasteiger partial charge in [0.2, 0.25) is 5.95 Å². The summed E-state index contributed by atoms with van der Waals surface area (Å²) in [6, 6.07) is 9.61. The second-order valence-corrected chi connectivity index (χ2v) is 4.40. The molecule has 0 saturated carbocycles. The lowest BCUT2D eigenvalue weighted by atomic mass is 10.2. The summed E-state index contributed by atoms with van der Waals surface area (Å²) in [5.74, 6) is 0.222. The number of anilines is 1. The first-order valence-corrected chi connectivity index (χ1v) is 6.17. The molecule has 0 unspecified atom stereocenters. The van der Waals surface area contributed by atoms with E-state index in [1.165, 1.54) is 18.0 Å². The van der Waals surface area contributed by atoms with Crippen molar-refractivity contribution in [3.05, 3.63) is 53.3 Å². The van der Waals surface area contributed by atoms with E-state index in [2.05, 4.69) is 16.2 Å². The van der Waals surface area contributed by atoms with Gasteiger partial charge in [-0.15, -0.1) is 0 Å². The van der Waals surface area contributed by atoms with Gasteiger partial charge in [0, 0.05) is 6.20 Å². The van der Waals surface area contributed by atoms with Crippen LogP contribution in [0.15, 0.2) is 36.5 Å². The summed E-state index contributed by atoms with van der Waals surface area (Å²) >= 11 is 0. The van der Waals surface area contributed by atoms with Crippen LogP contribution in [0.4, 0.5) is 5.95 Å². The standard InChI is InChI=1S/C15H14N4O/c1-11-14(12(2)20)8-17-15(18-11)19(10-16)9-13-6-4-3-5-7-13/h3-8H,9H2,1-2H3. The molecule has 2 aromatic rings. The number of carbonyl (C=O) groups is 1. The highest BCUT2D eigenvalue weighted by Gasteiger charge is 2.13. The molecule has 0 saturated heterocycles. The van der Waals surface area contributed by atoms with Crippen molar-refractivity contribution in [2.75, 3.05) is 4.90 Å². The minimum Gasteiger partial charge on any atom is -0.294 e. The van der Waals surface area contributed by atoms with Crippen LogP contribution in [0.5, 0.6) is 0 Å². The van der Waals surface area contributed by atoms with Crippen LogP contribution in [0.25, 0.3) is 0 Å². The van der Waals surface area contributed by atoms with Crippen molar-refractivity contribution in [1.29, 1.82) is 5.26 Å². The van der Waals surface area contributed by atoms with E-state index >= 15 is 0 Å². The number of benzene rings is 1. The van der Waals surface area contributed by atoms with Gasteiger partial charge < -0.3 is 0 Å². The Morgan fingerprint density at radius 1 is 1.35 bits per heavy atom. The fourth-order valence-electron chi connectivity index (χ4n) is 1.85. The molecule has 0 radical (unpaired) electrons. The van der Waals surface area contributed by atoms with E-state index in [4.69, 9.17) is 0 Å². The van der Waals surface area contributed by atoms with Crippen molar-refractivity contribution >= 4 is 11.7 Å². The van der Waals surface area contributed by atoms with Gasteiger partial charge in [-0.2, -0.15) is 5.26 Å². The van der Waals surface area contributed by atoms with Gasteiger partial charge in [0.1, 0.15) is 0 Å². The van der Waals surface area contributed by atoms with Crippen LogP contribution in [0.3, 0.4) is 0 Å². The van der Waals surface area contributed by atoms with Crippen LogP contribution in [0, 0.1) is 18.4 Å². The summed E-state index contributed by atoms with van der Waals surface area (Å²) < 4.78 is 0. The van der Waals surface area contributed by atoms with Crippen LogP contribution >= 0.6 is 0 Å². The lowest BCUT2D eigenvalue weighted by molar-refractivity contribution is 0.101.